The van der Waals surface area contributed by atoms with E-state index in [1.54, 1.807) is 6.07 Å². The number of aliphatic hydroxyl groups excluding tert-OH is 1. The van der Waals surface area contributed by atoms with Crippen molar-refractivity contribution >= 4 is 23.3 Å². The molecule has 0 saturated heterocycles. The molecule has 0 fully saturated rings. The van der Waals surface area contributed by atoms with Crippen molar-refractivity contribution in [2.45, 2.75) is 15.8 Å². The average Bonchev–Trinajstić information content (AvgIpc) is 2.69. The van der Waals surface area contributed by atoms with E-state index in [0.717, 1.165) is 9.24 Å². The Hall–Kier alpha value is -0.980. The molecule has 2 rings (SSSR count). The summed E-state index contributed by atoms with van der Waals surface area (Å²) in [6.45, 7) is -0.165. The third-order valence-electron chi connectivity index (χ3n) is 1.66. The topological polar surface area (TPSA) is 46.0 Å². The Morgan fingerprint density at radius 3 is 2.93 bits per heavy atom. The number of hydrogen-bond donors (Lipinski definition) is 1. The van der Waals surface area contributed by atoms with Crippen molar-refractivity contribution in [1.29, 1.82) is 0 Å². The van der Waals surface area contributed by atoms with E-state index in [2.05, 4.69) is 9.36 Å². The molecule has 78 valence electrons. The Morgan fingerprint density at radius 2 is 2.27 bits per heavy atom. The van der Waals surface area contributed by atoms with Gasteiger partial charge in [-0.2, -0.15) is 4.37 Å². The molecule has 15 heavy (non-hydrogen) atoms. The molecule has 0 bridgehead atoms. The highest BCUT2D eigenvalue weighted by atomic mass is 32.2. The number of hydrogen-bond acceptors (Lipinski definition) is 5. The molecule has 0 radical (unpaired) electrons. The van der Waals surface area contributed by atoms with Crippen LogP contribution in [0.25, 0.3) is 0 Å². The first kappa shape index (κ1) is 10.5. The summed E-state index contributed by atoms with van der Waals surface area (Å²) in [7, 11) is 0. The van der Waals surface area contributed by atoms with Crippen LogP contribution in [0.2, 0.25) is 0 Å². The molecular formula is C9H7FN2OS2. The fraction of sp³-hybridized carbons (Fsp3) is 0.111. The number of benzene rings is 1. The maximum absolute atomic E-state index is 13.1. The van der Waals surface area contributed by atoms with Gasteiger partial charge in [0.25, 0.3) is 0 Å². The normalized spacial score (nSPS) is 10.5. The third-order valence-corrected chi connectivity index (χ3v) is 3.35. The van der Waals surface area contributed by atoms with Gasteiger partial charge in [0.05, 0.1) is 6.61 Å². The van der Waals surface area contributed by atoms with Crippen LogP contribution in [0.1, 0.15) is 5.56 Å². The first-order chi connectivity index (χ1) is 7.28. The Labute approximate surface area is 94.2 Å². The monoisotopic (exact) mass is 242 g/mol. The Morgan fingerprint density at radius 1 is 1.40 bits per heavy atom. The van der Waals surface area contributed by atoms with Gasteiger partial charge in [-0.05, 0) is 35.3 Å². The molecule has 0 unspecified atom stereocenters. The standard InChI is InChI=1S/C9H7FN2OS2/c10-7-1-6(4-13)2-8(3-7)14-9-11-5-12-15-9/h1-3,5,13H,4H2. The lowest BCUT2D eigenvalue weighted by molar-refractivity contribution is 0.281. The van der Waals surface area contributed by atoms with Crippen molar-refractivity contribution < 1.29 is 9.50 Å². The molecule has 1 aromatic heterocycles. The van der Waals surface area contributed by atoms with E-state index in [1.807, 2.05) is 0 Å². The van der Waals surface area contributed by atoms with E-state index in [-0.39, 0.29) is 12.4 Å². The zero-order valence-electron chi connectivity index (χ0n) is 7.55. The third kappa shape index (κ3) is 2.74. The van der Waals surface area contributed by atoms with Crippen LogP contribution in [0.5, 0.6) is 0 Å². The highest BCUT2D eigenvalue weighted by Crippen LogP contribution is 2.29. The molecule has 0 aliphatic heterocycles. The number of aromatic nitrogens is 2. The van der Waals surface area contributed by atoms with Crippen LogP contribution in [0.15, 0.2) is 33.8 Å². The molecule has 1 N–H and O–H groups in total. The summed E-state index contributed by atoms with van der Waals surface area (Å²) in [4.78, 5) is 4.70. The summed E-state index contributed by atoms with van der Waals surface area (Å²) in [6.07, 6.45) is 1.46. The Kier molecular flexibility index (Phi) is 3.30. The summed E-state index contributed by atoms with van der Waals surface area (Å²) in [5.74, 6) is -0.353. The fourth-order valence-electron chi connectivity index (χ4n) is 1.08. The second-order valence-corrected chi connectivity index (χ2v) is 4.86. The Bertz CT molecular complexity index is 447. The lowest BCUT2D eigenvalue weighted by atomic mass is 10.2. The van der Waals surface area contributed by atoms with Gasteiger partial charge < -0.3 is 5.11 Å². The molecule has 6 heteroatoms. The predicted octanol–water partition coefficient (Wildman–Crippen LogP) is 2.32. The van der Waals surface area contributed by atoms with Crippen molar-refractivity contribution in [3.63, 3.8) is 0 Å². The van der Waals surface area contributed by atoms with Gasteiger partial charge in [-0.25, -0.2) is 9.37 Å². The second-order valence-electron chi connectivity index (χ2n) is 2.76. The van der Waals surface area contributed by atoms with E-state index in [9.17, 15) is 4.39 Å². The van der Waals surface area contributed by atoms with Crippen molar-refractivity contribution in [3.05, 3.63) is 35.9 Å². The van der Waals surface area contributed by atoms with Crippen LogP contribution in [0, 0.1) is 5.82 Å². The average molecular weight is 242 g/mol. The maximum Gasteiger partial charge on any atom is 0.174 e. The van der Waals surface area contributed by atoms with E-state index in [0.29, 0.717) is 5.56 Å². The molecule has 1 heterocycles. The second kappa shape index (κ2) is 4.69. The molecule has 0 saturated carbocycles. The van der Waals surface area contributed by atoms with Crippen LogP contribution >= 0.6 is 23.3 Å². The molecule has 0 aliphatic rings. The van der Waals surface area contributed by atoms with Crippen LogP contribution in [0.4, 0.5) is 4.39 Å². The van der Waals surface area contributed by atoms with Gasteiger partial charge in [-0.15, -0.1) is 0 Å². The number of halogens is 1. The fourth-order valence-corrected chi connectivity index (χ4v) is 2.61. The molecule has 0 aliphatic carbocycles. The molecule has 0 spiro atoms. The SMILES string of the molecule is OCc1cc(F)cc(Sc2ncns2)c1. The highest BCUT2D eigenvalue weighted by Gasteiger charge is 2.04. The summed E-state index contributed by atoms with van der Waals surface area (Å²) < 4.78 is 17.7. The molecule has 0 atom stereocenters. The van der Waals surface area contributed by atoms with Gasteiger partial charge >= 0.3 is 0 Å². The van der Waals surface area contributed by atoms with E-state index in [4.69, 9.17) is 5.11 Å². The van der Waals surface area contributed by atoms with Gasteiger partial charge in [0, 0.05) is 4.90 Å². The summed E-state index contributed by atoms with van der Waals surface area (Å²) in [5.41, 5.74) is 0.557. The Balaban J connectivity index is 2.24. The lowest BCUT2D eigenvalue weighted by Crippen LogP contribution is -1.86. The van der Waals surface area contributed by atoms with Crippen LogP contribution in [-0.4, -0.2) is 14.5 Å². The quantitative estimate of drug-likeness (QED) is 0.897. The zero-order chi connectivity index (χ0) is 10.7. The minimum atomic E-state index is -0.353. The highest BCUT2D eigenvalue weighted by molar-refractivity contribution is 8.01. The smallest absolute Gasteiger partial charge is 0.174 e. The number of nitrogens with zero attached hydrogens (tertiary/aromatic N) is 2. The summed E-state index contributed by atoms with van der Waals surface area (Å²) >= 11 is 2.59. The van der Waals surface area contributed by atoms with E-state index < -0.39 is 0 Å². The van der Waals surface area contributed by atoms with E-state index >= 15 is 0 Å². The van der Waals surface area contributed by atoms with E-state index in [1.165, 1.54) is 41.8 Å². The first-order valence-corrected chi connectivity index (χ1v) is 5.72. The number of aliphatic hydroxyl groups is 1. The molecule has 2 aromatic rings. The summed E-state index contributed by atoms with van der Waals surface area (Å²) in [6, 6.07) is 4.45. The predicted molar refractivity (Wildman–Crippen MR) is 56.4 cm³/mol. The minimum absolute atomic E-state index is 0.165. The van der Waals surface area contributed by atoms with Gasteiger partial charge in [0.1, 0.15) is 12.1 Å². The van der Waals surface area contributed by atoms with Crippen molar-refractivity contribution in [2.75, 3.05) is 0 Å². The maximum atomic E-state index is 13.1. The van der Waals surface area contributed by atoms with Crippen molar-refractivity contribution in [3.8, 4) is 0 Å². The summed E-state index contributed by atoms with van der Waals surface area (Å²) in [5, 5.41) is 8.91. The van der Waals surface area contributed by atoms with Gasteiger partial charge in [-0.3, -0.25) is 0 Å². The largest absolute Gasteiger partial charge is 0.392 e. The lowest BCUT2D eigenvalue weighted by Gasteiger charge is -2.01. The molecule has 0 amide bonds. The molecular weight excluding hydrogens is 235 g/mol. The van der Waals surface area contributed by atoms with Crippen molar-refractivity contribution in [2.24, 2.45) is 0 Å². The van der Waals surface area contributed by atoms with Gasteiger partial charge in [0.2, 0.25) is 0 Å². The van der Waals surface area contributed by atoms with Crippen LogP contribution in [-0.2, 0) is 6.61 Å². The molecule has 1 aromatic carbocycles. The minimum Gasteiger partial charge on any atom is -0.392 e. The van der Waals surface area contributed by atoms with Crippen LogP contribution in [0.3, 0.4) is 0 Å². The first-order valence-electron chi connectivity index (χ1n) is 4.13. The van der Waals surface area contributed by atoms with Crippen molar-refractivity contribution in [1.82, 2.24) is 9.36 Å². The molecule has 3 nitrogen and oxygen atoms in total. The number of rotatable bonds is 3. The van der Waals surface area contributed by atoms with Gasteiger partial charge in [-0.1, -0.05) is 11.8 Å². The van der Waals surface area contributed by atoms with Gasteiger partial charge in [0.15, 0.2) is 4.34 Å². The zero-order valence-corrected chi connectivity index (χ0v) is 9.19. The van der Waals surface area contributed by atoms with Crippen LogP contribution < -0.4 is 0 Å².